The smallest absolute Gasteiger partial charge is 0.332 e. The molecule has 0 aliphatic carbocycles. The van der Waals surface area contributed by atoms with Gasteiger partial charge in [0.1, 0.15) is 0 Å². The summed E-state index contributed by atoms with van der Waals surface area (Å²) in [5, 5.41) is 12.4. The Morgan fingerprint density at radius 2 is 2.21 bits per heavy atom. The Bertz CT molecular complexity index is 1110. The lowest BCUT2D eigenvalue weighted by molar-refractivity contribution is 0.120. The summed E-state index contributed by atoms with van der Waals surface area (Å²) in [5.74, 6) is 0.736. The summed E-state index contributed by atoms with van der Waals surface area (Å²) in [6.07, 6.45) is 4.67. The lowest BCUT2D eigenvalue weighted by Crippen LogP contribution is -2.39. The van der Waals surface area contributed by atoms with Crippen LogP contribution in [0.25, 0.3) is 11.2 Å². The minimum atomic E-state index is -0.345. The summed E-state index contributed by atoms with van der Waals surface area (Å²) < 4.78 is 10.8. The molecule has 0 amide bonds. The fraction of sp³-hybridized carbons (Fsp3) is 0.588. The first-order valence-corrected chi connectivity index (χ1v) is 11.3. The number of ether oxygens (including phenoxy) is 1. The number of aromatic nitrogens is 6. The zero-order valence-electron chi connectivity index (χ0n) is 16.3. The monoisotopic (exact) mass is 437 g/mol. The van der Waals surface area contributed by atoms with Gasteiger partial charge in [0.15, 0.2) is 15.5 Å². The van der Waals surface area contributed by atoms with Gasteiger partial charge in [0, 0.05) is 39.5 Å². The van der Waals surface area contributed by atoms with E-state index in [1.807, 2.05) is 0 Å². The highest BCUT2D eigenvalue weighted by atomic mass is 32.2. The summed E-state index contributed by atoms with van der Waals surface area (Å²) >= 11 is 3.08. The molecular formula is C17H23N7O3S2. The topological polar surface area (TPSA) is 109 Å². The Kier molecular flexibility index (Phi) is 6.01. The normalized spacial score (nSPS) is 16.7. The molecule has 1 saturated heterocycles. The molecule has 12 heteroatoms. The largest absolute Gasteiger partial charge is 0.376 e. The van der Waals surface area contributed by atoms with E-state index in [1.165, 1.54) is 20.5 Å². The molecule has 0 spiro atoms. The zero-order valence-corrected chi connectivity index (χ0v) is 18.0. The molecule has 0 radical (unpaired) electrons. The first kappa shape index (κ1) is 20.1. The van der Waals surface area contributed by atoms with Gasteiger partial charge < -0.3 is 14.6 Å². The average Bonchev–Trinajstić information content (AvgIpc) is 3.45. The molecular weight excluding hydrogens is 414 g/mol. The first-order chi connectivity index (χ1) is 14.0. The van der Waals surface area contributed by atoms with Gasteiger partial charge in [-0.25, -0.2) is 9.78 Å². The van der Waals surface area contributed by atoms with Crippen molar-refractivity contribution in [1.82, 2.24) is 28.9 Å². The van der Waals surface area contributed by atoms with Gasteiger partial charge in [0.2, 0.25) is 5.13 Å². The van der Waals surface area contributed by atoms with Crippen molar-refractivity contribution >= 4 is 39.4 Å². The van der Waals surface area contributed by atoms with E-state index < -0.39 is 0 Å². The molecule has 29 heavy (non-hydrogen) atoms. The number of fused-ring (bicyclic) bond motifs is 1. The van der Waals surface area contributed by atoms with Crippen molar-refractivity contribution in [3.63, 3.8) is 0 Å². The maximum Gasteiger partial charge on any atom is 0.332 e. The van der Waals surface area contributed by atoms with Crippen molar-refractivity contribution < 1.29 is 4.74 Å². The Hall–Kier alpha value is -2.18. The molecule has 156 valence electrons. The van der Waals surface area contributed by atoms with Crippen LogP contribution in [0.5, 0.6) is 0 Å². The van der Waals surface area contributed by atoms with E-state index in [0.29, 0.717) is 24.1 Å². The third kappa shape index (κ3) is 4.23. The fourth-order valence-electron chi connectivity index (χ4n) is 3.32. The molecule has 0 aromatic carbocycles. The minimum Gasteiger partial charge on any atom is -0.376 e. The standard InChI is InChI=1S/C17H23N7O3S2/c1-22-10-19-13-12(22)14(25)24(17(26)23(13)2)6-4-8-28-16-21-20-15(29-16)18-9-11-5-3-7-27-11/h10-11H,3-9H2,1-2H3,(H,18,20). The third-order valence-electron chi connectivity index (χ3n) is 4.86. The third-order valence-corrected chi connectivity index (χ3v) is 6.96. The van der Waals surface area contributed by atoms with Crippen LogP contribution in [0.15, 0.2) is 20.3 Å². The number of thioether (sulfide) groups is 1. The van der Waals surface area contributed by atoms with Crippen molar-refractivity contribution in [2.45, 2.75) is 36.3 Å². The van der Waals surface area contributed by atoms with Crippen LogP contribution < -0.4 is 16.6 Å². The molecule has 1 atom stereocenters. The predicted octanol–water partition coefficient (Wildman–Crippen LogP) is 1.06. The van der Waals surface area contributed by atoms with Gasteiger partial charge in [-0.3, -0.25) is 13.9 Å². The SMILES string of the molecule is Cn1cnc2c1c(=O)n(CCCSc1nnc(NCC3CCCO3)s1)c(=O)n2C. The van der Waals surface area contributed by atoms with E-state index in [0.717, 1.165) is 41.2 Å². The number of imidazole rings is 1. The number of anilines is 1. The Morgan fingerprint density at radius 3 is 3.00 bits per heavy atom. The van der Waals surface area contributed by atoms with E-state index >= 15 is 0 Å². The Labute approximate surface area is 174 Å². The van der Waals surface area contributed by atoms with Crippen molar-refractivity contribution in [1.29, 1.82) is 0 Å². The molecule has 1 aliphatic rings. The van der Waals surface area contributed by atoms with Crippen LogP contribution in [0.1, 0.15) is 19.3 Å². The van der Waals surface area contributed by atoms with Crippen LogP contribution in [-0.2, 0) is 25.4 Å². The molecule has 0 saturated carbocycles. The minimum absolute atomic E-state index is 0.257. The highest BCUT2D eigenvalue weighted by Gasteiger charge is 2.16. The number of nitrogens with one attached hydrogen (secondary N) is 1. The summed E-state index contributed by atoms with van der Waals surface area (Å²) in [7, 11) is 3.38. The van der Waals surface area contributed by atoms with Gasteiger partial charge in [0.25, 0.3) is 5.56 Å². The molecule has 3 aromatic heterocycles. The van der Waals surface area contributed by atoms with Gasteiger partial charge >= 0.3 is 5.69 Å². The van der Waals surface area contributed by atoms with E-state index in [4.69, 9.17) is 4.74 Å². The second-order valence-corrected chi connectivity index (χ2v) is 9.24. The Balaban J connectivity index is 1.32. The second kappa shape index (κ2) is 8.67. The van der Waals surface area contributed by atoms with Crippen molar-refractivity contribution in [2.75, 3.05) is 24.2 Å². The first-order valence-electron chi connectivity index (χ1n) is 9.47. The van der Waals surface area contributed by atoms with Crippen LogP contribution in [0.2, 0.25) is 0 Å². The lowest BCUT2D eigenvalue weighted by Gasteiger charge is -2.08. The van der Waals surface area contributed by atoms with E-state index in [-0.39, 0.29) is 17.4 Å². The summed E-state index contributed by atoms with van der Waals surface area (Å²) in [5.41, 5.74) is 0.197. The van der Waals surface area contributed by atoms with Crippen LogP contribution in [-0.4, -0.2) is 53.9 Å². The molecule has 3 aromatic rings. The van der Waals surface area contributed by atoms with E-state index in [2.05, 4.69) is 20.5 Å². The molecule has 4 heterocycles. The lowest BCUT2D eigenvalue weighted by atomic mass is 10.2. The maximum atomic E-state index is 12.7. The van der Waals surface area contributed by atoms with Gasteiger partial charge in [-0.1, -0.05) is 23.1 Å². The van der Waals surface area contributed by atoms with Crippen molar-refractivity contribution in [3.05, 3.63) is 27.2 Å². The summed E-state index contributed by atoms with van der Waals surface area (Å²) in [6, 6.07) is 0. The molecule has 1 N–H and O–H groups in total. The molecule has 1 aliphatic heterocycles. The maximum absolute atomic E-state index is 12.7. The summed E-state index contributed by atoms with van der Waals surface area (Å²) in [4.78, 5) is 29.3. The van der Waals surface area contributed by atoms with E-state index in [9.17, 15) is 9.59 Å². The summed E-state index contributed by atoms with van der Waals surface area (Å²) in [6.45, 7) is 1.94. The highest BCUT2D eigenvalue weighted by Crippen LogP contribution is 2.26. The predicted molar refractivity (Wildman–Crippen MR) is 113 cm³/mol. The van der Waals surface area contributed by atoms with Crippen LogP contribution in [0.4, 0.5) is 5.13 Å². The van der Waals surface area contributed by atoms with E-state index in [1.54, 1.807) is 36.8 Å². The molecule has 1 fully saturated rings. The molecule has 10 nitrogen and oxygen atoms in total. The Morgan fingerprint density at radius 1 is 1.34 bits per heavy atom. The average molecular weight is 438 g/mol. The van der Waals surface area contributed by atoms with Crippen molar-refractivity contribution in [3.8, 4) is 0 Å². The molecule has 4 rings (SSSR count). The number of hydrogen-bond donors (Lipinski definition) is 1. The van der Waals surface area contributed by atoms with Crippen LogP contribution >= 0.6 is 23.1 Å². The molecule has 0 bridgehead atoms. The number of rotatable bonds is 8. The second-order valence-electron chi connectivity index (χ2n) is 6.92. The fourth-order valence-corrected chi connectivity index (χ4v) is 5.07. The van der Waals surface area contributed by atoms with Gasteiger partial charge in [-0.05, 0) is 19.3 Å². The van der Waals surface area contributed by atoms with Crippen LogP contribution in [0, 0.1) is 0 Å². The number of aryl methyl sites for hydroxylation is 2. The van der Waals surface area contributed by atoms with Gasteiger partial charge in [-0.15, -0.1) is 10.2 Å². The number of hydrogen-bond acceptors (Lipinski definition) is 9. The number of nitrogens with zero attached hydrogens (tertiary/aromatic N) is 6. The molecule has 1 unspecified atom stereocenters. The van der Waals surface area contributed by atoms with Crippen molar-refractivity contribution in [2.24, 2.45) is 14.1 Å². The van der Waals surface area contributed by atoms with Gasteiger partial charge in [0.05, 0.1) is 12.4 Å². The quantitative estimate of drug-likeness (QED) is 0.412. The zero-order chi connectivity index (χ0) is 20.4. The van der Waals surface area contributed by atoms with Gasteiger partial charge in [-0.2, -0.15) is 0 Å². The highest BCUT2D eigenvalue weighted by molar-refractivity contribution is 8.01. The van der Waals surface area contributed by atoms with Crippen LogP contribution in [0.3, 0.4) is 0 Å².